The minimum atomic E-state index is -0.189. The molecule has 1 amide bonds. The lowest BCUT2D eigenvalue weighted by Gasteiger charge is -2.31. The van der Waals surface area contributed by atoms with Gasteiger partial charge in [-0.2, -0.15) is 0 Å². The molecule has 0 bridgehead atoms. The van der Waals surface area contributed by atoms with Crippen molar-refractivity contribution in [3.05, 3.63) is 42.1 Å². The van der Waals surface area contributed by atoms with E-state index in [-0.39, 0.29) is 42.0 Å². The Kier molecular flexibility index (Phi) is 4.72. The van der Waals surface area contributed by atoms with E-state index in [9.17, 15) is 9.59 Å². The molecule has 2 aliphatic rings. The third-order valence-electron chi connectivity index (χ3n) is 5.78. The Hall–Kier alpha value is -2.63. The molecule has 1 aromatic heterocycles. The standard InChI is InChI=1S/C21H24N2O4/c1-3-26-21(25)20-13(2)8-9-14-11-23(12-16(14)20)19(24)10-17-15-6-4-5-7-18(15)27-22-17/h4-9,13-14,16,20H,3,10-12H2,1-2H3/t13-,14-,16-,20-/m0/s1. The Morgan fingerprint density at radius 1 is 1.26 bits per heavy atom. The quantitative estimate of drug-likeness (QED) is 0.613. The molecule has 0 saturated carbocycles. The number of likely N-dealkylation sites (tertiary alicyclic amines) is 1. The van der Waals surface area contributed by atoms with Gasteiger partial charge >= 0.3 is 5.97 Å². The molecule has 0 radical (unpaired) electrons. The van der Waals surface area contributed by atoms with Gasteiger partial charge in [0.2, 0.25) is 5.91 Å². The topological polar surface area (TPSA) is 72.6 Å². The van der Waals surface area contributed by atoms with Crippen molar-refractivity contribution < 1.29 is 18.8 Å². The number of amides is 1. The summed E-state index contributed by atoms with van der Waals surface area (Å²) in [5.74, 6) is 0.120. The van der Waals surface area contributed by atoms with Crippen LogP contribution in [0.25, 0.3) is 11.0 Å². The molecule has 1 fully saturated rings. The Bertz CT molecular complexity index is 887. The van der Waals surface area contributed by atoms with E-state index in [1.807, 2.05) is 43.0 Å². The average molecular weight is 368 g/mol. The smallest absolute Gasteiger partial charge is 0.309 e. The summed E-state index contributed by atoms with van der Waals surface area (Å²) in [5.41, 5.74) is 1.35. The van der Waals surface area contributed by atoms with E-state index in [4.69, 9.17) is 9.26 Å². The van der Waals surface area contributed by atoms with E-state index in [1.54, 1.807) is 0 Å². The molecular formula is C21H24N2O4. The molecule has 1 saturated heterocycles. The molecule has 0 N–H and O–H groups in total. The molecule has 142 valence electrons. The van der Waals surface area contributed by atoms with Crippen molar-refractivity contribution in [2.75, 3.05) is 19.7 Å². The summed E-state index contributed by atoms with van der Waals surface area (Å²) in [7, 11) is 0. The van der Waals surface area contributed by atoms with Gasteiger partial charge in [0.1, 0.15) is 5.69 Å². The van der Waals surface area contributed by atoms with Gasteiger partial charge in [0.05, 0.1) is 18.9 Å². The molecule has 2 heterocycles. The van der Waals surface area contributed by atoms with Crippen LogP contribution in [0.2, 0.25) is 0 Å². The highest BCUT2D eigenvalue weighted by Crippen LogP contribution is 2.40. The number of benzene rings is 1. The zero-order valence-electron chi connectivity index (χ0n) is 15.6. The molecule has 1 aromatic carbocycles. The zero-order chi connectivity index (χ0) is 19.0. The normalized spacial score (nSPS) is 27.0. The summed E-state index contributed by atoms with van der Waals surface area (Å²) in [6.45, 7) is 5.46. The van der Waals surface area contributed by atoms with Crippen molar-refractivity contribution in [1.82, 2.24) is 10.1 Å². The number of ether oxygens (including phenoxy) is 1. The van der Waals surface area contributed by atoms with Crippen LogP contribution in [0.4, 0.5) is 0 Å². The minimum Gasteiger partial charge on any atom is -0.466 e. The zero-order valence-corrected chi connectivity index (χ0v) is 15.6. The second-order valence-electron chi connectivity index (χ2n) is 7.45. The van der Waals surface area contributed by atoms with E-state index >= 15 is 0 Å². The number of carbonyl (C=O) groups excluding carboxylic acids is 2. The molecule has 4 atom stereocenters. The number of carbonyl (C=O) groups is 2. The molecule has 1 aliphatic heterocycles. The summed E-state index contributed by atoms with van der Waals surface area (Å²) in [6.07, 6.45) is 4.45. The first-order chi connectivity index (χ1) is 13.1. The Morgan fingerprint density at radius 2 is 2.07 bits per heavy atom. The molecule has 27 heavy (non-hydrogen) atoms. The molecule has 0 spiro atoms. The first-order valence-electron chi connectivity index (χ1n) is 9.54. The third kappa shape index (κ3) is 3.24. The van der Waals surface area contributed by atoms with Gasteiger partial charge in [0.15, 0.2) is 5.58 Å². The summed E-state index contributed by atoms with van der Waals surface area (Å²) < 4.78 is 10.6. The number of allylic oxidation sites excluding steroid dienone is 1. The number of rotatable bonds is 4. The average Bonchev–Trinajstić information content (AvgIpc) is 3.26. The maximum atomic E-state index is 12.9. The maximum Gasteiger partial charge on any atom is 0.309 e. The SMILES string of the molecule is CCOC(=O)[C@@H]1[C@H]2CN(C(=O)Cc3noc4ccccc34)C[C@@H]2C=C[C@@H]1C. The predicted octanol–water partition coefficient (Wildman–Crippen LogP) is 2.83. The molecule has 6 nitrogen and oxygen atoms in total. The van der Waals surface area contributed by atoms with Crippen molar-refractivity contribution in [3.63, 3.8) is 0 Å². The number of hydrogen-bond donors (Lipinski definition) is 0. The van der Waals surface area contributed by atoms with Crippen molar-refractivity contribution in [1.29, 1.82) is 0 Å². The number of aromatic nitrogens is 1. The van der Waals surface area contributed by atoms with Gasteiger partial charge in [-0.3, -0.25) is 9.59 Å². The maximum absolute atomic E-state index is 12.9. The Morgan fingerprint density at radius 3 is 2.89 bits per heavy atom. The van der Waals surface area contributed by atoms with Crippen LogP contribution in [0, 0.1) is 23.7 Å². The van der Waals surface area contributed by atoms with Crippen LogP contribution >= 0.6 is 0 Å². The molecule has 0 unspecified atom stereocenters. The minimum absolute atomic E-state index is 0.0205. The number of hydrogen-bond acceptors (Lipinski definition) is 5. The van der Waals surface area contributed by atoms with Crippen molar-refractivity contribution in [2.45, 2.75) is 20.3 Å². The van der Waals surface area contributed by atoms with Crippen LogP contribution in [0.3, 0.4) is 0 Å². The first kappa shape index (κ1) is 17.8. The fourth-order valence-corrected chi connectivity index (χ4v) is 4.42. The number of esters is 1. The fourth-order valence-electron chi connectivity index (χ4n) is 4.42. The molecule has 6 heteroatoms. The molecule has 4 rings (SSSR count). The van der Waals surface area contributed by atoms with Crippen molar-refractivity contribution in [2.24, 2.45) is 23.7 Å². The summed E-state index contributed by atoms with van der Waals surface area (Å²) >= 11 is 0. The van der Waals surface area contributed by atoms with Gasteiger partial charge in [-0.1, -0.05) is 36.4 Å². The second kappa shape index (κ2) is 7.18. The van der Waals surface area contributed by atoms with Gasteiger partial charge in [-0.25, -0.2) is 0 Å². The highest BCUT2D eigenvalue weighted by atomic mass is 16.5. The van der Waals surface area contributed by atoms with Crippen LogP contribution in [0.1, 0.15) is 19.5 Å². The number of nitrogens with zero attached hydrogens (tertiary/aromatic N) is 2. The van der Waals surface area contributed by atoms with E-state index < -0.39 is 0 Å². The van der Waals surface area contributed by atoms with Crippen LogP contribution < -0.4 is 0 Å². The van der Waals surface area contributed by atoms with E-state index in [2.05, 4.69) is 17.3 Å². The molecular weight excluding hydrogens is 344 g/mol. The van der Waals surface area contributed by atoms with Crippen LogP contribution in [0.15, 0.2) is 40.9 Å². The van der Waals surface area contributed by atoms with Gasteiger partial charge in [0, 0.05) is 18.5 Å². The molecule has 2 aromatic rings. The van der Waals surface area contributed by atoms with E-state index in [0.29, 0.717) is 31.0 Å². The Labute approximate surface area is 158 Å². The lowest BCUT2D eigenvalue weighted by molar-refractivity contribution is -0.152. The van der Waals surface area contributed by atoms with Crippen LogP contribution in [-0.2, 0) is 20.7 Å². The van der Waals surface area contributed by atoms with Gasteiger partial charge in [-0.05, 0) is 36.8 Å². The van der Waals surface area contributed by atoms with Gasteiger partial charge in [-0.15, -0.1) is 0 Å². The highest BCUT2D eigenvalue weighted by Gasteiger charge is 2.45. The predicted molar refractivity (Wildman–Crippen MR) is 99.7 cm³/mol. The third-order valence-corrected chi connectivity index (χ3v) is 5.78. The van der Waals surface area contributed by atoms with Crippen LogP contribution in [0.5, 0.6) is 0 Å². The summed E-state index contributed by atoms with van der Waals surface area (Å²) in [4.78, 5) is 27.2. The largest absolute Gasteiger partial charge is 0.466 e. The summed E-state index contributed by atoms with van der Waals surface area (Å²) in [5, 5.41) is 4.94. The first-order valence-corrected chi connectivity index (χ1v) is 9.54. The monoisotopic (exact) mass is 368 g/mol. The Balaban J connectivity index is 1.49. The van der Waals surface area contributed by atoms with Gasteiger partial charge < -0.3 is 14.2 Å². The van der Waals surface area contributed by atoms with Gasteiger partial charge in [0.25, 0.3) is 0 Å². The highest BCUT2D eigenvalue weighted by molar-refractivity contribution is 5.86. The lowest BCUT2D eigenvalue weighted by atomic mass is 9.72. The van der Waals surface area contributed by atoms with E-state index in [1.165, 1.54) is 0 Å². The lowest BCUT2D eigenvalue weighted by Crippen LogP contribution is -2.37. The van der Waals surface area contributed by atoms with Crippen molar-refractivity contribution >= 4 is 22.8 Å². The van der Waals surface area contributed by atoms with E-state index in [0.717, 1.165) is 5.39 Å². The number of para-hydroxylation sites is 1. The fraction of sp³-hybridized carbons (Fsp3) is 0.476. The van der Waals surface area contributed by atoms with Crippen LogP contribution in [-0.4, -0.2) is 41.6 Å². The second-order valence-corrected chi connectivity index (χ2v) is 7.45. The number of fused-ring (bicyclic) bond motifs is 2. The van der Waals surface area contributed by atoms with Crippen molar-refractivity contribution in [3.8, 4) is 0 Å². The summed E-state index contributed by atoms with van der Waals surface area (Å²) in [6, 6.07) is 7.55. The molecule has 1 aliphatic carbocycles.